The molecule has 0 bridgehead atoms. The largest absolute Gasteiger partial charge is 0.374 e. The van der Waals surface area contributed by atoms with E-state index in [1.54, 1.807) is 12.1 Å². The average Bonchev–Trinajstić information content (AvgIpc) is 2.49. The zero-order valence-electron chi connectivity index (χ0n) is 11.7. The molecule has 0 spiro atoms. The first kappa shape index (κ1) is 14.9. The van der Waals surface area contributed by atoms with E-state index in [1.165, 1.54) is 6.07 Å². The van der Waals surface area contributed by atoms with Gasteiger partial charge in [0.15, 0.2) is 0 Å². The quantitative estimate of drug-likeness (QED) is 0.886. The number of nitrogens with one attached hydrogen (secondary N) is 1. The van der Waals surface area contributed by atoms with Crippen molar-refractivity contribution in [3.63, 3.8) is 0 Å². The van der Waals surface area contributed by atoms with Gasteiger partial charge in [-0.3, -0.25) is 4.90 Å². The fourth-order valence-corrected chi connectivity index (χ4v) is 2.36. The summed E-state index contributed by atoms with van der Waals surface area (Å²) in [7, 11) is 0. The molecule has 1 N–H and O–H groups in total. The Balaban J connectivity index is 1.83. The van der Waals surface area contributed by atoms with Crippen molar-refractivity contribution in [2.24, 2.45) is 0 Å². The van der Waals surface area contributed by atoms with Gasteiger partial charge in [-0.05, 0) is 12.6 Å². The van der Waals surface area contributed by atoms with Crippen LogP contribution in [-0.4, -0.2) is 43.8 Å². The second-order valence-electron chi connectivity index (χ2n) is 4.91. The lowest BCUT2D eigenvalue weighted by Gasteiger charge is -2.32. The first-order chi connectivity index (χ1) is 9.74. The Morgan fingerprint density at radius 3 is 3.15 bits per heavy atom. The predicted octanol–water partition coefficient (Wildman–Crippen LogP) is 1.51. The first-order valence-electron chi connectivity index (χ1n) is 6.96. The van der Waals surface area contributed by atoms with E-state index in [9.17, 15) is 4.39 Å². The Hall–Kier alpha value is -1.48. The minimum absolute atomic E-state index is 0.0929. The molecule has 1 unspecified atom stereocenters. The second-order valence-corrected chi connectivity index (χ2v) is 4.91. The van der Waals surface area contributed by atoms with Crippen LogP contribution < -0.4 is 5.32 Å². The van der Waals surface area contributed by atoms with Gasteiger partial charge in [-0.1, -0.05) is 19.1 Å². The lowest BCUT2D eigenvalue weighted by molar-refractivity contribution is -0.0254. The van der Waals surface area contributed by atoms with Crippen molar-refractivity contribution in [3.05, 3.63) is 35.1 Å². The molecule has 5 heteroatoms. The van der Waals surface area contributed by atoms with Gasteiger partial charge in [-0.25, -0.2) is 4.39 Å². The standard InChI is InChI=1S/C15H20FN3O/c1-2-19-6-7-20-14(11-19)10-18-9-13-5-3-4-12(8-17)15(13)16/h3-5,14,18H,2,6-7,9-11H2,1H3. The van der Waals surface area contributed by atoms with Gasteiger partial charge in [0.1, 0.15) is 11.9 Å². The minimum Gasteiger partial charge on any atom is -0.374 e. The molecule has 1 aliphatic rings. The van der Waals surface area contributed by atoms with Gasteiger partial charge in [0.05, 0.1) is 18.3 Å². The molecule has 0 aromatic heterocycles. The van der Waals surface area contributed by atoms with Gasteiger partial charge in [0.25, 0.3) is 0 Å². The van der Waals surface area contributed by atoms with Gasteiger partial charge >= 0.3 is 0 Å². The van der Waals surface area contributed by atoms with Crippen molar-refractivity contribution in [3.8, 4) is 6.07 Å². The molecule has 1 aromatic rings. The van der Waals surface area contributed by atoms with Crippen molar-refractivity contribution in [2.45, 2.75) is 19.6 Å². The third-order valence-electron chi connectivity index (χ3n) is 3.56. The van der Waals surface area contributed by atoms with Crippen LogP contribution in [0.5, 0.6) is 0 Å². The molecule has 0 saturated carbocycles. The lowest BCUT2D eigenvalue weighted by atomic mass is 10.1. The van der Waals surface area contributed by atoms with E-state index in [0.29, 0.717) is 18.7 Å². The zero-order valence-corrected chi connectivity index (χ0v) is 11.7. The van der Waals surface area contributed by atoms with Gasteiger partial charge < -0.3 is 10.1 Å². The topological polar surface area (TPSA) is 48.3 Å². The highest BCUT2D eigenvalue weighted by Gasteiger charge is 2.18. The van der Waals surface area contributed by atoms with E-state index in [1.807, 2.05) is 6.07 Å². The molecule has 4 nitrogen and oxygen atoms in total. The SMILES string of the molecule is CCN1CCOC(CNCc2cccc(C#N)c2F)C1. The molecule has 1 aliphatic heterocycles. The van der Waals surface area contributed by atoms with E-state index in [4.69, 9.17) is 10.00 Å². The summed E-state index contributed by atoms with van der Waals surface area (Å²) in [6, 6.07) is 6.74. The van der Waals surface area contributed by atoms with Crippen molar-refractivity contribution in [1.29, 1.82) is 5.26 Å². The highest BCUT2D eigenvalue weighted by Crippen LogP contribution is 2.12. The third-order valence-corrected chi connectivity index (χ3v) is 3.56. The van der Waals surface area contributed by atoms with Gasteiger partial charge in [-0.2, -0.15) is 5.26 Å². The molecule has 1 aromatic carbocycles. The number of halogens is 1. The number of nitriles is 1. The number of nitrogens with zero attached hydrogens (tertiary/aromatic N) is 2. The normalized spacial score (nSPS) is 19.8. The summed E-state index contributed by atoms with van der Waals surface area (Å²) >= 11 is 0. The summed E-state index contributed by atoms with van der Waals surface area (Å²) in [4.78, 5) is 2.34. The van der Waals surface area contributed by atoms with Crippen molar-refractivity contribution < 1.29 is 9.13 Å². The molecule has 20 heavy (non-hydrogen) atoms. The number of hydrogen-bond acceptors (Lipinski definition) is 4. The number of likely N-dealkylation sites (N-methyl/N-ethyl adjacent to an activating group) is 1. The molecular formula is C15H20FN3O. The van der Waals surface area contributed by atoms with E-state index in [2.05, 4.69) is 17.1 Å². The van der Waals surface area contributed by atoms with Crippen molar-refractivity contribution in [1.82, 2.24) is 10.2 Å². The summed E-state index contributed by atoms with van der Waals surface area (Å²) in [5.74, 6) is -0.428. The first-order valence-corrected chi connectivity index (χ1v) is 6.96. The fourth-order valence-electron chi connectivity index (χ4n) is 2.36. The molecule has 2 rings (SSSR count). The van der Waals surface area contributed by atoms with Crippen LogP contribution in [0.1, 0.15) is 18.1 Å². The lowest BCUT2D eigenvalue weighted by Crippen LogP contribution is -2.46. The van der Waals surface area contributed by atoms with Crippen molar-refractivity contribution >= 4 is 0 Å². The third kappa shape index (κ3) is 3.76. The number of ether oxygens (including phenoxy) is 1. The Morgan fingerprint density at radius 2 is 2.40 bits per heavy atom. The summed E-state index contributed by atoms with van der Waals surface area (Å²) in [6.07, 6.45) is 0.144. The van der Waals surface area contributed by atoms with E-state index in [-0.39, 0.29) is 11.7 Å². The number of hydrogen-bond donors (Lipinski definition) is 1. The van der Waals surface area contributed by atoms with Crippen LogP contribution in [0.4, 0.5) is 4.39 Å². The Labute approximate surface area is 119 Å². The average molecular weight is 277 g/mol. The van der Waals surface area contributed by atoms with Crippen LogP contribution in [0, 0.1) is 17.1 Å². The summed E-state index contributed by atoms with van der Waals surface area (Å²) in [5.41, 5.74) is 0.614. The van der Waals surface area contributed by atoms with Crippen LogP contribution in [-0.2, 0) is 11.3 Å². The van der Waals surface area contributed by atoms with Gasteiger partial charge in [0.2, 0.25) is 0 Å². The molecule has 1 atom stereocenters. The van der Waals surface area contributed by atoms with Gasteiger partial charge in [0, 0.05) is 31.7 Å². The summed E-state index contributed by atoms with van der Waals surface area (Å²) in [5, 5.41) is 12.0. The molecule has 1 fully saturated rings. The van der Waals surface area contributed by atoms with Crippen molar-refractivity contribution in [2.75, 3.05) is 32.8 Å². The van der Waals surface area contributed by atoms with Crippen LogP contribution >= 0.6 is 0 Å². The number of rotatable bonds is 5. The zero-order chi connectivity index (χ0) is 14.4. The highest BCUT2D eigenvalue weighted by molar-refractivity contribution is 5.34. The fraction of sp³-hybridized carbons (Fsp3) is 0.533. The Kier molecular flexibility index (Phi) is 5.48. The smallest absolute Gasteiger partial charge is 0.145 e. The molecule has 0 radical (unpaired) electrons. The van der Waals surface area contributed by atoms with Crippen LogP contribution in [0.25, 0.3) is 0 Å². The summed E-state index contributed by atoms with van der Waals surface area (Å²) in [6.45, 7) is 6.89. The van der Waals surface area contributed by atoms with E-state index < -0.39 is 5.82 Å². The summed E-state index contributed by atoms with van der Waals surface area (Å²) < 4.78 is 19.5. The molecule has 1 heterocycles. The second kappa shape index (κ2) is 7.34. The Bertz CT molecular complexity index is 486. The van der Waals surface area contributed by atoms with E-state index >= 15 is 0 Å². The maximum absolute atomic E-state index is 13.9. The predicted molar refractivity (Wildman–Crippen MR) is 74.7 cm³/mol. The van der Waals surface area contributed by atoms with Gasteiger partial charge in [-0.15, -0.1) is 0 Å². The van der Waals surface area contributed by atoms with Crippen LogP contribution in [0.15, 0.2) is 18.2 Å². The molecule has 108 valence electrons. The van der Waals surface area contributed by atoms with E-state index in [0.717, 1.165) is 26.2 Å². The highest BCUT2D eigenvalue weighted by atomic mass is 19.1. The minimum atomic E-state index is -0.428. The van der Waals surface area contributed by atoms with Crippen LogP contribution in [0.3, 0.4) is 0 Å². The maximum Gasteiger partial charge on any atom is 0.145 e. The number of benzene rings is 1. The molecular weight excluding hydrogens is 257 g/mol. The molecule has 1 saturated heterocycles. The Morgan fingerprint density at radius 1 is 1.55 bits per heavy atom. The molecule has 0 aliphatic carbocycles. The maximum atomic E-state index is 13.9. The van der Waals surface area contributed by atoms with Crippen LogP contribution in [0.2, 0.25) is 0 Å². The monoisotopic (exact) mass is 277 g/mol. The number of morpholine rings is 1. The molecule has 0 amide bonds.